The van der Waals surface area contributed by atoms with Gasteiger partial charge in [0.05, 0.1) is 74.2 Å². The third kappa shape index (κ3) is 21.3. The first-order valence-corrected chi connectivity index (χ1v) is 34.9. The number of carboxylic acids is 1. The van der Waals surface area contributed by atoms with E-state index in [0.717, 1.165) is 21.9 Å². The number of aliphatic carboxylic acids is 1. The lowest BCUT2D eigenvalue weighted by Crippen LogP contribution is -2.82. The van der Waals surface area contributed by atoms with Crippen LogP contribution in [0.3, 0.4) is 0 Å². The molecule has 3 aromatic rings. The molecular weight excluding hydrogens is 1260 g/mol. The number of guanidine groups is 1. The molecule has 3 fully saturated rings. The molecule has 0 saturated carbocycles. The second-order valence-electron chi connectivity index (χ2n) is 29.0. The summed E-state index contributed by atoms with van der Waals surface area (Å²) in [6, 6.07) is 18.0. The predicted molar refractivity (Wildman–Crippen MR) is 369 cm³/mol. The van der Waals surface area contributed by atoms with Crippen molar-refractivity contribution in [1.82, 2.24) is 30.7 Å². The molecule has 3 aromatic carbocycles. The summed E-state index contributed by atoms with van der Waals surface area (Å²) in [5, 5.41) is 82.3. The highest BCUT2D eigenvalue weighted by Gasteiger charge is 2.53. The van der Waals surface area contributed by atoms with Crippen molar-refractivity contribution in [2.24, 2.45) is 23.7 Å². The molecule has 20 unspecified atom stereocenters. The van der Waals surface area contributed by atoms with Crippen LogP contribution in [0.1, 0.15) is 146 Å². The highest BCUT2D eigenvalue weighted by molar-refractivity contribution is 5.99. The molecule has 3 aliphatic heterocycles. The molecule has 0 spiro atoms. The maximum Gasteiger partial charge on any atom is 0.353 e. The van der Waals surface area contributed by atoms with Gasteiger partial charge in [0.2, 0.25) is 11.8 Å². The van der Waals surface area contributed by atoms with E-state index in [1.807, 2.05) is 118 Å². The van der Waals surface area contributed by atoms with Gasteiger partial charge in [-0.15, -0.1) is 0 Å². The van der Waals surface area contributed by atoms with Crippen molar-refractivity contribution in [2.45, 2.75) is 237 Å². The number of amides is 3. The number of fused-ring (bicyclic) bond motifs is 1. The number of cyclic esters (lactones) is 1. The maximum absolute atomic E-state index is 15.3. The van der Waals surface area contributed by atoms with E-state index in [9.17, 15) is 49.8 Å². The average Bonchev–Trinajstić information content (AvgIpc) is 0.978. The van der Waals surface area contributed by atoms with Crippen LogP contribution in [0.4, 0.5) is 0 Å². The first kappa shape index (κ1) is 81.0. The van der Waals surface area contributed by atoms with Crippen molar-refractivity contribution < 1.29 is 92.8 Å². The number of esters is 1. The smallest absolute Gasteiger partial charge is 0.353 e. The Kier molecular flexibility index (Phi) is 29.8. The monoisotopic (exact) mass is 1380 g/mol. The van der Waals surface area contributed by atoms with Crippen molar-refractivity contribution >= 4 is 46.4 Å². The SMILES string of the molecule is CCC1OC(=O)C(C)C(OC2CC(C)(OC)C(O)C(C)O2)C(C)C(OC2OC(C)CC(N(C)C)C2O)C(C)(O)CC(C)CN(CCCNC(=[NH+]CC(=O)O)N(CCC(C)C)C(=O)C(Cc2ccccc2)NC(=O)CNC(=O)C(C)c2ccc3cc(OC)ccc3c2)C(C)C(O)C1(C)O. The van der Waals surface area contributed by atoms with Gasteiger partial charge in [0.1, 0.15) is 41.8 Å². The second kappa shape index (κ2) is 36.1. The van der Waals surface area contributed by atoms with Crippen molar-refractivity contribution in [3.05, 3.63) is 77.9 Å². The fraction of sp³-hybridized carbons (Fsp3) is 0.699. The van der Waals surface area contributed by atoms with Gasteiger partial charge >= 0.3 is 23.8 Å². The minimum absolute atomic E-state index is 0.0392. The van der Waals surface area contributed by atoms with Gasteiger partial charge in [-0.2, -0.15) is 4.90 Å². The number of rotatable bonds is 25. The standard InChI is InChI=1S/C73H115N7O18/c1-18-57-73(13,91)63(85)48(9)79(41-43(4)37-71(11,90)65(98-69-61(84)56(78(14)15)33-44(5)94-69)46(7)62(47(8)68(89)96-57)97-60-38-72(12,93-17)64(86)49(10)95-60)31-22-30-74-70(76-40-59(82)83)80(32-29-42(2)3)67(88)55(34-50-23-20-19-21-24-50)77-58(81)39-75-66(87)45(6)51-25-26-53-36-54(92-16)28-27-52(53)35-51/h19-21,23-28,35-36,42-49,55-57,60-65,69,84-86,90-91H,18,22,29-34,37-41H2,1-17H3,(H,74,76)(H,75,87)(H,77,81)(H,82,83)/p+1. The summed E-state index contributed by atoms with van der Waals surface area (Å²) >= 11 is 0. The number of benzene rings is 3. The van der Waals surface area contributed by atoms with E-state index >= 15 is 4.79 Å². The van der Waals surface area contributed by atoms with Crippen LogP contribution in [0.15, 0.2) is 66.7 Å². The zero-order chi connectivity index (χ0) is 72.7. The second-order valence-corrected chi connectivity index (χ2v) is 29.0. The predicted octanol–water partition coefficient (Wildman–Crippen LogP) is 3.46. The summed E-state index contributed by atoms with van der Waals surface area (Å²) in [5.41, 5.74) is -3.50. The quantitative estimate of drug-likeness (QED) is 0.0251. The summed E-state index contributed by atoms with van der Waals surface area (Å²) in [5.74, 6) is -5.86. The molecule has 20 atom stereocenters. The highest BCUT2D eigenvalue weighted by Crippen LogP contribution is 2.41. The fourth-order valence-electron chi connectivity index (χ4n) is 14.1. The van der Waals surface area contributed by atoms with E-state index in [4.69, 9.17) is 33.2 Å². The molecule has 3 heterocycles. The molecule has 10 N–H and O–H groups in total. The molecule has 3 amide bonds. The normalized spacial score (nSPS) is 32.5. The van der Waals surface area contributed by atoms with E-state index in [0.29, 0.717) is 18.6 Å². The number of hydrogen-bond donors (Lipinski definition) is 10. The molecule has 0 radical (unpaired) electrons. The van der Waals surface area contributed by atoms with Gasteiger partial charge in [-0.1, -0.05) is 89.2 Å². The first-order valence-electron chi connectivity index (χ1n) is 34.9. The van der Waals surface area contributed by atoms with E-state index in [1.165, 1.54) is 18.9 Å². The number of ether oxygens (including phenoxy) is 7. The number of carboxylic acid groups (broad SMARTS) is 1. The molecule has 0 aromatic heterocycles. The number of hydrogen-bond acceptors (Lipinski definition) is 19. The van der Waals surface area contributed by atoms with E-state index in [1.54, 1.807) is 62.5 Å². The molecule has 3 aliphatic rings. The summed E-state index contributed by atoms with van der Waals surface area (Å²) < 4.78 is 43.9. The number of nitrogens with zero attached hydrogens (tertiary/aromatic N) is 3. The van der Waals surface area contributed by atoms with Crippen LogP contribution >= 0.6 is 0 Å². The number of aliphatic hydroxyl groups is 5. The maximum atomic E-state index is 15.3. The van der Waals surface area contributed by atoms with Gasteiger partial charge in [0.15, 0.2) is 19.1 Å². The molecule has 98 heavy (non-hydrogen) atoms. The Labute approximate surface area is 579 Å². The summed E-state index contributed by atoms with van der Waals surface area (Å²) in [6.07, 6.45) is -9.38. The lowest BCUT2D eigenvalue weighted by atomic mass is 9.77. The minimum Gasteiger partial charge on any atom is -0.497 e. The Morgan fingerprint density at radius 3 is 2.16 bits per heavy atom. The molecule has 0 aliphatic carbocycles. The van der Waals surface area contributed by atoms with Crippen molar-refractivity contribution in [2.75, 3.05) is 67.6 Å². The van der Waals surface area contributed by atoms with Crippen molar-refractivity contribution in [1.29, 1.82) is 0 Å². The number of likely N-dealkylation sites (N-methyl/N-ethyl adjacent to an activating group) is 1. The number of methoxy groups -OCH3 is 2. The fourth-order valence-corrected chi connectivity index (χ4v) is 14.1. The Morgan fingerprint density at radius 2 is 1.53 bits per heavy atom. The van der Waals surface area contributed by atoms with Gasteiger partial charge in [-0.3, -0.25) is 34.4 Å². The van der Waals surface area contributed by atoms with Gasteiger partial charge in [0, 0.05) is 51.0 Å². The van der Waals surface area contributed by atoms with Crippen LogP contribution in [0.5, 0.6) is 5.75 Å². The number of aliphatic hydroxyl groups excluding tert-OH is 3. The topological polar surface area (TPSA) is 331 Å². The zero-order valence-electron chi connectivity index (χ0n) is 60.9. The van der Waals surface area contributed by atoms with Crippen LogP contribution in [0, 0.1) is 23.7 Å². The van der Waals surface area contributed by atoms with Crippen LogP contribution in [0.25, 0.3) is 10.8 Å². The summed E-state index contributed by atoms with van der Waals surface area (Å²) in [7, 11) is 6.78. The summed E-state index contributed by atoms with van der Waals surface area (Å²) in [6.45, 7) is 22.5. The Hall–Kier alpha value is -5.94. The van der Waals surface area contributed by atoms with Crippen LogP contribution in [-0.4, -0.2) is 245 Å². The Morgan fingerprint density at radius 1 is 0.857 bits per heavy atom. The number of nitrogens with one attached hydrogen (secondary N) is 4. The largest absolute Gasteiger partial charge is 0.497 e. The Balaban J connectivity index is 1.30. The molecule has 0 bridgehead atoms. The molecule has 25 heteroatoms. The van der Waals surface area contributed by atoms with Gasteiger partial charge in [-0.05, 0) is 147 Å². The van der Waals surface area contributed by atoms with E-state index < -0.39 is 151 Å². The lowest BCUT2D eigenvalue weighted by molar-refractivity contribution is -0.454. The minimum atomic E-state index is -2.06. The first-order chi connectivity index (χ1) is 46.0. The molecule has 25 nitrogen and oxygen atoms in total. The van der Waals surface area contributed by atoms with Crippen LogP contribution in [-0.2, 0) is 58.8 Å². The zero-order valence-corrected chi connectivity index (χ0v) is 60.9. The van der Waals surface area contributed by atoms with Crippen LogP contribution < -0.4 is 25.7 Å². The lowest BCUT2D eigenvalue weighted by Gasteiger charge is -2.48. The average molecular weight is 1380 g/mol. The van der Waals surface area contributed by atoms with Crippen molar-refractivity contribution in [3.8, 4) is 5.75 Å². The van der Waals surface area contributed by atoms with Gasteiger partial charge in [0.25, 0.3) is 0 Å². The molecule has 3 saturated heterocycles. The Bertz CT molecular complexity index is 3100. The highest BCUT2D eigenvalue weighted by atomic mass is 16.7. The van der Waals surface area contributed by atoms with Gasteiger partial charge < -0.3 is 79.3 Å². The summed E-state index contributed by atoms with van der Waals surface area (Å²) in [4.78, 5) is 78.4. The van der Waals surface area contributed by atoms with E-state index in [2.05, 4.69) is 20.9 Å². The number of carbonyl (C=O) groups excluding carboxylic acids is 4. The third-order valence-corrected chi connectivity index (χ3v) is 20.1. The molecule has 6 rings (SSSR count). The number of carbonyl (C=O) groups is 5. The van der Waals surface area contributed by atoms with Crippen molar-refractivity contribution in [3.63, 3.8) is 0 Å². The van der Waals surface area contributed by atoms with E-state index in [-0.39, 0.29) is 82.3 Å². The third-order valence-electron chi connectivity index (χ3n) is 20.1. The van der Waals surface area contributed by atoms with Crippen LogP contribution in [0.2, 0.25) is 0 Å². The van der Waals surface area contributed by atoms with Gasteiger partial charge in [-0.25, -0.2) is 4.79 Å². The molecular formula is C73H116N7O18+. The molecule has 550 valence electrons.